The molecule has 1 fully saturated rings. The normalized spacial score (nSPS) is 16.2. The van der Waals surface area contributed by atoms with Crippen LogP contribution in [0.5, 0.6) is 11.5 Å². The average molecular weight is 498 g/mol. The Morgan fingerprint density at radius 3 is 2.76 bits per heavy atom. The predicted octanol–water partition coefficient (Wildman–Crippen LogP) is 4.47. The molecule has 2 N–H and O–H groups in total. The number of hydrogen-bond acceptors (Lipinski definition) is 6. The largest absolute Gasteiger partial charge is 0.494 e. The number of carbonyl (C=O) groups is 2. The minimum atomic E-state index is -1.06. The fraction of sp³-hybridized carbons (Fsp3) is 0.105. The van der Waals surface area contributed by atoms with Gasteiger partial charge in [-0.15, -0.1) is 0 Å². The molecule has 10 heteroatoms. The molecule has 0 saturated carbocycles. The van der Waals surface area contributed by atoms with Gasteiger partial charge in [0.2, 0.25) is 0 Å². The molecule has 2 aromatic carbocycles. The van der Waals surface area contributed by atoms with Crippen molar-refractivity contribution in [2.45, 2.75) is 0 Å². The monoisotopic (exact) mass is 496 g/mol. The molecule has 7 nitrogen and oxygen atoms in total. The number of benzene rings is 2. The minimum absolute atomic E-state index is 0.280. The molecule has 0 aliphatic carbocycles. The number of amides is 1. The van der Waals surface area contributed by atoms with E-state index in [0.717, 1.165) is 5.56 Å². The molecule has 0 bridgehead atoms. The number of rotatable bonds is 6. The molecule has 1 amide bonds. The summed E-state index contributed by atoms with van der Waals surface area (Å²) in [5.41, 5.74) is 1.24. The molecule has 1 heterocycles. The molecule has 150 valence electrons. The second-order valence-electron chi connectivity index (χ2n) is 5.67. The lowest BCUT2D eigenvalue weighted by Crippen LogP contribution is -2.19. The maximum atomic E-state index is 12.3. The number of nitrogens with zero attached hydrogens (tertiary/aromatic N) is 1. The van der Waals surface area contributed by atoms with Gasteiger partial charge in [0.1, 0.15) is 17.2 Å². The number of nitrogens with one attached hydrogen (secondary N) is 1. The van der Waals surface area contributed by atoms with E-state index >= 15 is 0 Å². The van der Waals surface area contributed by atoms with E-state index < -0.39 is 12.6 Å². The average Bonchev–Trinajstić information content (AvgIpc) is 3.00. The summed E-state index contributed by atoms with van der Waals surface area (Å²) in [4.78, 5) is 27.8. The van der Waals surface area contributed by atoms with Crippen LogP contribution in [0.3, 0.4) is 0 Å². The van der Waals surface area contributed by atoms with Crippen molar-refractivity contribution in [1.82, 2.24) is 5.32 Å². The van der Waals surface area contributed by atoms with Crippen molar-refractivity contribution >= 4 is 68.1 Å². The van der Waals surface area contributed by atoms with Crippen LogP contribution in [0.25, 0.3) is 6.08 Å². The Kier molecular flexibility index (Phi) is 6.83. The summed E-state index contributed by atoms with van der Waals surface area (Å²) in [6.45, 7) is -0.440. The number of methoxy groups -OCH3 is 1. The third-order valence-electron chi connectivity index (χ3n) is 3.62. The second-order valence-corrected chi connectivity index (χ2v) is 7.99. The highest BCUT2D eigenvalue weighted by molar-refractivity contribution is 9.10. The molecular weight excluding hydrogens is 484 g/mol. The molecule has 3 rings (SSSR count). The summed E-state index contributed by atoms with van der Waals surface area (Å²) in [6, 6.07) is 10.1. The van der Waals surface area contributed by atoms with E-state index in [1.807, 2.05) is 0 Å². The fourth-order valence-corrected chi connectivity index (χ4v) is 3.87. The molecule has 2 aromatic rings. The fourth-order valence-electron chi connectivity index (χ4n) is 2.36. The van der Waals surface area contributed by atoms with E-state index in [1.165, 1.54) is 18.9 Å². The van der Waals surface area contributed by atoms with E-state index in [0.29, 0.717) is 36.8 Å². The quantitative estimate of drug-likeness (QED) is 0.572. The highest BCUT2D eigenvalue weighted by atomic mass is 79.9. The lowest BCUT2D eigenvalue weighted by atomic mass is 10.2. The molecule has 0 atom stereocenters. The number of carboxylic acids is 1. The Hall–Kier alpha value is -2.49. The highest BCUT2D eigenvalue weighted by Crippen LogP contribution is 2.34. The highest BCUT2D eigenvalue weighted by Gasteiger charge is 2.24. The third-order valence-corrected chi connectivity index (χ3v) is 5.38. The molecule has 1 aliphatic rings. The number of hydrogen-bond donors (Lipinski definition) is 2. The molecule has 0 radical (unpaired) electrons. The number of carboxylic acid groups (broad SMARTS) is 1. The maximum Gasteiger partial charge on any atom is 0.341 e. The topological polar surface area (TPSA) is 97.2 Å². The first-order chi connectivity index (χ1) is 13.9. The van der Waals surface area contributed by atoms with E-state index in [4.69, 9.17) is 26.2 Å². The van der Waals surface area contributed by atoms with Gasteiger partial charge in [-0.05, 0) is 69.7 Å². The summed E-state index contributed by atoms with van der Waals surface area (Å²) in [5, 5.41) is 12.3. The summed E-state index contributed by atoms with van der Waals surface area (Å²) in [6.07, 6.45) is 1.70. The van der Waals surface area contributed by atoms with Gasteiger partial charge in [0.15, 0.2) is 11.8 Å². The van der Waals surface area contributed by atoms with Crippen molar-refractivity contribution in [3.8, 4) is 11.5 Å². The van der Waals surface area contributed by atoms with Crippen LogP contribution >= 0.6 is 39.3 Å². The van der Waals surface area contributed by atoms with Gasteiger partial charge in [-0.2, -0.15) is 0 Å². The van der Waals surface area contributed by atoms with Gasteiger partial charge in [0.05, 0.1) is 16.5 Å². The zero-order valence-electron chi connectivity index (χ0n) is 14.9. The number of halogens is 2. The van der Waals surface area contributed by atoms with Crippen LogP contribution in [0.1, 0.15) is 5.56 Å². The molecular formula is C19H14BrClN2O5S. The van der Waals surface area contributed by atoms with Crippen molar-refractivity contribution in [3.05, 3.63) is 56.4 Å². The summed E-state index contributed by atoms with van der Waals surface area (Å²) < 4.78 is 11.0. The van der Waals surface area contributed by atoms with E-state index in [1.54, 1.807) is 42.5 Å². The molecule has 0 spiro atoms. The lowest BCUT2D eigenvalue weighted by Gasteiger charge is -2.06. The molecule has 1 saturated heterocycles. The number of ether oxygens (including phenoxy) is 2. The SMILES string of the molecule is COc1ccc(Cl)cc1N=C1NC(=O)/C(=C/c2ccc(OCC(=O)O)c(Br)c2)S1. The zero-order valence-corrected chi connectivity index (χ0v) is 18.1. The summed E-state index contributed by atoms with van der Waals surface area (Å²) in [7, 11) is 1.53. The van der Waals surface area contributed by atoms with Crippen molar-refractivity contribution in [2.75, 3.05) is 13.7 Å². The first kappa shape index (κ1) is 21.2. The Morgan fingerprint density at radius 2 is 2.07 bits per heavy atom. The Morgan fingerprint density at radius 1 is 1.31 bits per heavy atom. The van der Waals surface area contributed by atoms with Gasteiger partial charge in [-0.3, -0.25) is 4.79 Å². The Labute approximate surface area is 183 Å². The van der Waals surface area contributed by atoms with Gasteiger partial charge in [-0.25, -0.2) is 9.79 Å². The first-order valence-corrected chi connectivity index (χ1v) is 10.1. The van der Waals surface area contributed by atoms with Gasteiger partial charge in [0, 0.05) is 5.02 Å². The van der Waals surface area contributed by atoms with E-state index in [9.17, 15) is 9.59 Å². The minimum Gasteiger partial charge on any atom is -0.494 e. The molecule has 29 heavy (non-hydrogen) atoms. The predicted molar refractivity (Wildman–Crippen MR) is 116 cm³/mol. The van der Waals surface area contributed by atoms with Crippen LogP contribution in [0, 0.1) is 0 Å². The van der Waals surface area contributed by atoms with Crippen LogP contribution in [0.2, 0.25) is 5.02 Å². The van der Waals surface area contributed by atoms with Crippen molar-refractivity contribution < 1.29 is 24.2 Å². The molecule has 1 aliphatic heterocycles. The van der Waals surface area contributed by atoms with Crippen LogP contribution in [-0.4, -0.2) is 35.9 Å². The number of aliphatic imine (C=N–C) groups is 1. The van der Waals surface area contributed by atoms with Gasteiger partial charge in [0.25, 0.3) is 5.91 Å². The lowest BCUT2D eigenvalue weighted by molar-refractivity contribution is -0.139. The number of carbonyl (C=O) groups excluding carboxylic acids is 1. The summed E-state index contributed by atoms with van der Waals surface area (Å²) in [5.74, 6) is -0.411. The van der Waals surface area contributed by atoms with Crippen LogP contribution in [0.15, 0.2) is 50.8 Å². The molecule has 0 aromatic heterocycles. The van der Waals surface area contributed by atoms with Gasteiger partial charge < -0.3 is 19.9 Å². The van der Waals surface area contributed by atoms with Gasteiger partial charge >= 0.3 is 5.97 Å². The molecule has 0 unspecified atom stereocenters. The number of thioether (sulfide) groups is 1. The van der Waals surface area contributed by atoms with Crippen LogP contribution in [0.4, 0.5) is 5.69 Å². The van der Waals surface area contributed by atoms with Crippen LogP contribution in [-0.2, 0) is 9.59 Å². The second kappa shape index (κ2) is 9.34. The van der Waals surface area contributed by atoms with E-state index in [2.05, 4.69) is 26.2 Å². The maximum absolute atomic E-state index is 12.3. The third kappa shape index (κ3) is 5.53. The van der Waals surface area contributed by atoms with E-state index in [-0.39, 0.29) is 5.91 Å². The smallest absolute Gasteiger partial charge is 0.341 e. The number of aliphatic carboxylic acids is 1. The Balaban J connectivity index is 1.80. The van der Waals surface area contributed by atoms with Crippen molar-refractivity contribution in [3.63, 3.8) is 0 Å². The van der Waals surface area contributed by atoms with Crippen LogP contribution < -0.4 is 14.8 Å². The summed E-state index contributed by atoms with van der Waals surface area (Å²) >= 11 is 10.5. The number of amidine groups is 1. The van der Waals surface area contributed by atoms with Gasteiger partial charge in [-0.1, -0.05) is 17.7 Å². The van der Waals surface area contributed by atoms with Crippen molar-refractivity contribution in [2.24, 2.45) is 4.99 Å². The Bertz CT molecular complexity index is 1040. The first-order valence-electron chi connectivity index (χ1n) is 8.13. The zero-order chi connectivity index (χ0) is 21.0. The van der Waals surface area contributed by atoms with Crippen molar-refractivity contribution in [1.29, 1.82) is 0 Å². The standard InChI is InChI=1S/C19H14BrClN2O5S/c1-27-15-5-3-11(21)8-13(15)22-19-23-18(26)16(29-19)7-10-2-4-14(12(20)6-10)28-9-17(24)25/h2-8H,9H2,1H3,(H,24,25)(H,22,23,26)/b16-7-.